The average Bonchev–Trinajstić information content (AvgIpc) is 2.10. The van der Waals surface area contributed by atoms with Gasteiger partial charge in [0.2, 0.25) is 0 Å². The third-order valence-electron chi connectivity index (χ3n) is 1.85. The van der Waals surface area contributed by atoms with Crippen molar-refractivity contribution < 1.29 is 10.2 Å². The average molecular weight is 178 g/mol. The van der Waals surface area contributed by atoms with E-state index < -0.39 is 0 Å². The molecule has 13 heavy (non-hydrogen) atoms. The van der Waals surface area contributed by atoms with Crippen LogP contribution in [0, 0.1) is 6.92 Å². The first-order valence-corrected chi connectivity index (χ1v) is 4.34. The fourth-order valence-corrected chi connectivity index (χ4v) is 1.14. The van der Waals surface area contributed by atoms with Crippen LogP contribution in [0.4, 0.5) is 0 Å². The van der Waals surface area contributed by atoms with Gasteiger partial charge in [0.15, 0.2) is 11.5 Å². The molecule has 0 radical (unpaired) electrons. The van der Waals surface area contributed by atoms with Gasteiger partial charge in [-0.3, -0.25) is 0 Å². The number of benzene rings is 1. The van der Waals surface area contributed by atoms with Gasteiger partial charge in [0, 0.05) is 0 Å². The van der Waals surface area contributed by atoms with Gasteiger partial charge in [-0.1, -0.05) is 19.1 Å². The lowest BCUT2D eigenvalue weighted by atomic mass is 10.1. The summed E-state index contributed by atoms with van der Waals surface area (Å²) in [6.07, 6.45) is 4.89. The van der Waals surface area contributed by atoms with Gasteiger partial charge >= 0.3 is 0 Å². The van der Waals surface area contributed by atoms with Crippen molar-refractivity contribution in [2.45, 2.75) is 20.3 Å². The SMILES string of the molecule is CC/C=C/c1cc(C)c(O)c(O)c1. The van der Waals surface area contributed by atoms with Crippen molar-refractivity contribution in [2.75, 3.05) is 0 Å². The van der Waals surface area contributed by atoms with E-state index in [-0.39, 0.29) is 11.5 Å². The summed E-state index contributed by atoms with van der Waals surface area (Å²) in [5.74, 6) is -0.0931. The highest BCUT2D eigenvalue weighted by Crippen LogP contribution is 2.29. The van der Waals surface area contributed by atoms with Crippen LogP contribution in [0.5, 0.6) is 11.5 Å². The Hall–Kier alpha value is -1.44. The normalized spacial score (nSPS) is 10.9. The summed E-state index contributed by atoms with van der Waals surface area (Å²) < 4.78 is 0. The van der Waals surface area contributed by atoms with Crippen molar-refractivity contribution in [1.82, 2.24) is 0 Å². The first-order chi connectivity index (χ1) is 6.15. The largest absolute Gasteiger partial charge is 0.504 e. The number of phenols is 2. The molecule has 0 atom stereocenters. The predicted molar refractivity (Wildman–Crippen MR) is 53.8 cm³/mol. The van der Waals surface area contributed by atoms with Crippen LogP contribution in [0.2, 0.25) is 0 Å². The summed E-state index contributed by atoms with van der Waals surface area (Å²) in [4.78, 5) is 0. The minimum atomic E-state index is -0.0595. The van der Waals surface area contributed by atoms with E-state index in [1.807, 2.05) is 25.1 Å². The van der Waals surface area contributed by atoms with Crippen LogP contribution < -0.4 is 0 Å². The Morgan fingerprint density at radius 2 is 2.00 bits per heavy atom. The van der Waals surface area contributed by atoms with Gasteiger partial charge < -0.3 is 10.2 Å². The third-order valence-corrected chi connectivity index (χ3v) is 1.85. The highest BCUT2D eigenvalue weighted by molar-refractivity contribution is 5.57. The van der Waals surface area contributed by atoms with Crippen LogP contribution in [0.25, 0.3) is 6.08 Å². The van der Waals surface area contributed by atoms with Crippen LogP contribution >= 0.6 is 0 Å². The maximum Gasteiger partial charge on any atom is 0.160 e. The summed E-state index contributed by atoms with van der Waals surface area (Å²) in [5, 5.41) is 18.6. The van der Waals surface area contributed by atoms with Crippen LogP contribution in [0.3, 0.4) is 0 Å². The van der Waals surface area contributed by atoms with Gasteiger partial charge in [-0.2, -0.15) is 0 Å². The number of rotatable bonds is 2. The standard InChI is InChI=1S/C11H14O2/c1-3-4-5-9-6-8(2)11(13)10(12)7-9/h4-7,12-13H,3H2,1-2H3/b5-4+. The van der Waals surface area contributed by atoms with E-state index in [9.17, 15) is 10.2 Å². The van der Waals surface area contributed by atoms with E-state index in [1.165, 1.54) is 0 Å². The predicted octanol–water partition coefficient (Wildman–Crippen LogP) is 2.83. The van der Waals surface area contributed by atoms with E-state index in [0.717, 1.165) is 12.0 Å². The van der Waals surface area contributed by atoms with Crippen LogP contribution in [-0.2, 0) is 0 Å². The number of hydrogen-bond donors (Lipinski definition) is 2. The van der Waals surface area contributed by atoms with Crippen molar-refractivity contribution >= 4 is 6.08 Å². The molecule has 0 heterocycles. The number of aromatic hydroxyl groups is 2. The summed E-state index contributed by atoms with van der Waals surface area (Å²) in [7, 11) is 0. The fraction of sp³-hybridized carbons (Fsp3) is 0.273. The summed E-state index contributed by atoms with van der Waals surface area (Å²) in [5.41, 5.74) is 1.60. The highest BCUT2D eigenvalue weighted by atomic mass is 16.3. The van der Waals surface area contributed by atoms with Gasteiger partial charge in [-0.25, -0.2) is 0 Å². The molecule has 0 fully saturated rings. The quantitative estimate of drug-likeness (QED) is 0.683. The molecule has 0 aliphatic heterocycles. The Kier molecular flexibility index (Phi) is 2.96. The maximum atomic E-state index is 9.30. The van der Waals surface area contributed by atoms with Crippen molar-refractivity contribution in [3.63, 3.8) is 0 Å². The maximum absolute atomic E-state index is 9.30. The molecule has 2 nitrogen and oxygen atoms in total. The molecule has 0 aliphatic carbocycles. The zero-order chi connectivity index (χ0) is 9.84. The number of phenolic OH excluding ortho intramolecular Hbond substituents is 2. The second-order valence-corrected chi connectivity index (χ2v) is 3.02. The summed E-state index contributed by atoms with van der Waals surface area (Å²) in [6.45, 7) is 3.81. The molecule has 70 valence electrons. The molecule has 1 rings (SSSR count). The second-order valence-electron chi connectivity index (χ2n) is 3.02. The number of hydrogen-bond acceptors (Lipinski definition) is 2. The smallest absolute Gasteiger partial charge is 0.160 e. The molecule has 1 aromatic rings. The van der Waals surface area contributed by atoms with Gasteiger partial charge in [-0.05, 0) is 36.6 Å². The monoisotopic (exact) mass is 178 g/mol. The summed E-state index contributed by atoms with van der Waals surface area (Å²) in [6, 6.07) is 3.38. The van der Waals surface area contributed by atoms with Gasteiger partial charge in [0.25, 0.3) is 0 Å². The fourth-order valence-electron chi connectivity index (χ4n) is 1.14. The third kappa shape index (κ3) is 2.25. The topological polar surface area (TPSA) is 40.5 Å². The van der Waals surface area contributed by atoms with Gasteiger partial charge in [0.05, 0.1) is 0 Å². The summed E-state index contributed by atoms with van der Waals surface area (Å²) >= 11 is 0. The Labute approximate surface area is 78.2 Å². The minimum absolute atomic E-state index is 0.0337. The Morgan fingerprint density at radius 1 is 1.31 bits per heavy atom. The molecule has 0 saturated carbocycles. The van der Waals surface area contributed by atoms with E-state index in [4.69, 9.17) is 0 Å². The number of aryl methyl sites for hydroxylation is 1. The molecule has 0 unspecified atom stereocenters. The molecular weight excluding hydrogens is 164 g/mol. The first-order valence-electron chi connectivity index (χ1n) is 4.34. The lowest BCUT2D eigenvalue weighted by Gasteiger charge is -2.03. The first kappa shape index (κ1) is 9.65. The van der Waals surface area contributed by atoms with E-state index in [2.05, 4.69) is 0 Å². The van der Waals surface area contributed by atoms with Crippen molar-refractivity contribution in [1.29, 1.82) is 0 Å². The zero-order valence-corrected chi connectivity index (χ0v) is 7.91. The molecule has 0 spiro atoms. The van der Waals surface area contributed by atoms with Crippen LogP contribution in [0.1, 0.15) is 24.5 Å². The minimum Gasteiger partial charge on any atom is -0.504 e. The van der Waals surface area contributed by atoms with Crippen LogP contribution in [0.15, 0.2) is 18.2 Å². The van der Waals surface area contributed by atoms with E-state index >= 15 is 0 Å². The van der Waals surface area contributed by atoms with E-state index in [0.29, 0.717) is 5.56 Å². The molecule has 2 heteroatoms. The zero-order valence-electron chi connectivity index (χ0n) is 7.91. The highest BCUT2D eigenvalue weighted by Gasteiger charge is 2.02. The molecule has 2 N–H and O–H groups in total. The van der Waals surface area contributed by atoms with Crippen molar-refractivity contribution in [2.24, 2.45) is 0 Å². The molecule has 0 aromatic heterocycles. The number of allylic oxidation sites excluding steroid dienone is 1. The molecular formula is C11H14O2. The van der Waals surface area contributed by atoms with Gasteiger partial charge in [0.1, 0.15) is 0 Å². The Balaban J connectivity index is 3.06. The van der Waals surface area contributed by atoms with Crippen molar-refractivity contribution in [3.05, 3.63) is 29.3 Å². The molecule has 0 aliphatic rings. The molecule has 0 amide bonds. The lowest BCUT2D eigenvalue weighted by Crippen LogP contribution is -1.79. The molecule has 0 bridgehead atoms. The van der Waals surface area contributed by atoms with Crippen molar-refractivity contribution in [3.8, 4) is 11.5 Å². The van der Waals surface area contributed by atoms with Crippen LogP contribution in [-0.4, -0.2) is 10.2 Å². The second kappa shape index (κ2) is 3.99. The Morgan fingerprint density at radius 3 is 2.54 bits per heavy atom. The van der Waals surface area contributed by atoms with E-state index in [1.54, 1.807) is 13.0 Å². The van der Waals surface area contributed by atoms with Gasteiger partial charge in [-0.15, -0.1) is 0 Å². The molecule has 1 aromatic carbocycles. The lowest BCUT2D eigenvalue weighted by molar-refractivity contribution is 0.401. The Bertz CT molecular complexity index is 304. The molecule has 0 saturated heterocycles.